The summed E-state index contributed by atoms with van der Waals surface area (Å²) in [4.78, 5) is 0. The summed E-state index contributed by atoms with van der Waals surface area (Å²) in [7, 11) is 0. The number of β-amino-alcohol motifs (C(OH)–C–C–N with tert-alkyl or cyclic N) is 1. The summed E-state index contributed by atoms with van der Waals surface area (Å²) in [6, 6.07) is 16.1. The fourth-order valence-electron chi connectivity index (χ4n) is 3.76. The number of nitrogens with zero attached hydrogens (tertiary/aromatic N) is 4. The molecule has 2 atom stereocenters. The van der Waals surface area contributed by atoms with Gasteiger partial charge < -0.3 is 10.4 Å². The summed E-state index contributed by atoms with van der Waals surface area (Å²) in [5.74, 6) is 0.182. The molecule has 27 heavy (non-hydrogen) atoms. The zero-order chi connectivity index (χ0) is 18.2. The van der Waals surface area contributed by atoms with Crippen molar-refractivity contribution in [2.45, 2.75) is 18.4 Å². The molecule has 0 amide bonds. The minimum atomic E-state index is -0.337. The first-order valence-electron chi connectivity index (χ1n) is 9.14. The van der Waals surface area contributed by atoms with Crippen LogP contribution in [0, 0.1) is 0 Å². The predicted octanol–water partition coefficient (Wildman–Crippen LogP) is 2.25. The van der Waals surface area contributed by atoms with E-state index in [9.17, 15) is 5.11 Å². The van der Waals surface area contributed by atoms with Crippen LogP contribution in [-0.4, -0.2) is 49.5 Å². The van der Waals surface area contributed by atoms with Crippen LogP contribution in [0.25, 0.3) is 28.0 Å². The van der Waals surface area contributed by atoms with E-state index >= 15 is 0 Å². The van der Waals surface area contributed by atoms with Crippen LogP contribution in [-0.2, 0) is 0 Å². The van der Waals surface area contributed by atoms with Crippen molar-refractivity contribution in [3.63, 3.8) is 0 Å². The van der Waals surface area contributed by atoms with E-state index in [2.05, 4.69) is 38.0 Å². The summed E-state index contributed by atoms with van der Waals surface area (Å²) in [5.41, 5.74) is 4.59. The van der Waals surface area contributed by atoms with E-state index in [0.717, 1.165) is 46.5 Å². The molecule has 3 N–H and O–H groups in total. The molecule has 1 saturated heterocycles. The third-order valence-corrected chi connectivity index (χ3v) is 5.24. The number of piperidine rings is 1. The van der Waals surface area contributed by atoms with Gasteiger partial charge in [-0.2, -0.15) is 5.10 Å². The van der Waals surface area contributed by atoms with Crippen molar-refractivity contribution in [2.75, 3.05) is 13.1 Å². The number of hydrogen-bond acceptors (Lipinski definition) is 5. The maximum Gasteiger partial charge on any atom is 0.134 e. The van der Waals surface area contributed by atoms with Crippen LogP contribution in [0.2, 0.25) is 0 Å². The number of fused-ring (bicyclic) bond motifs is 1. The summed E-state index contributed by atoms with van der Waals surface area (Å²) < 4.78 is 1.75. The zero-order valence-corrected chi connectivity index (χ0v) is 14.7. The van der Waals surface area contributed by atoms with Crippen molar-refractivity contribution >= 4 is 10.9 Å². The fourth-order valence-corrected chi connectivity index (χ4v) is 3.76. The predicted molar refractivity (Wildman–Crippen MR) is 103 cm³/mol. The molecule has 2 aromatic carbocycles. The van der Waals surface area contributed by atoms with E-state index in [0.29, 0.717) is 6.54 Å². The monoisotopic (exact) mass is 360 g/mol. The minimum absolute atomic E-state index is 0.182. The molecule has 0 radical (unpaired) electrons. The van der Waals surface area contributed by atoms with Crippen molar-refractivity contribution in [2.24, 2.45) is 0 Å². The minimum Gasteiger partial charge on any atom is -0.391 e. The topological polar surface area (TPSA) is 91.7 Å². The molecule has 5 rings (SSSR count). The van der Waals surface area contributed by atoms with Gasteiger partial charge in [-0.25, -0.2) is 4.68 Å². The Morgan fingerprint density at radius 1 is 1.07 bits per heavy atom. The van der Waals surface area contributed by atoms with Gasteiger partial charge in [0.05, 0.1) is 23.5 Å². The van der Waals surface area contributed by atoms with Crippen LogP contribution in [0.1, 0.15) is 17.9 Å². The Kier molecular flexibility index (Phi) is 3.95. The molecule has 4 aromatic rings. The average molecular weight is 360 g/mol. The van der Waals surface area contributed by atoms with Gasteiger partial charge >= 0.3 is 0 Å². The number of benzene rings is 2. The second-order valence-corrected chi connectivity index (χ2v) is 6.92. The Bertz CT molecular complexity index is 1070. The normalized spacial score (nSPS) is 20.2. The van der Waals surface area contributed by atoms with Crippen LogP contribution in [0.3, 0.4) is 0 Å². The number of aromatic nitrogens is 5. The number of rotatable bonds is 3. The first kappa shape index (κ1) is 16.2. The van der Waals surface area contributed by atoms with E-state index in [1.54, 1.807) is 4.68 Å². The van der Waals surface area contributed by atoms with Gasteiger partial charge in [-0.3, -0.25) is 5.10 Å². The molecule has 1 aliphatic rings. The third kappa shape index (κ3) is 2.90. The van der Waals surface area contributed by atoms with Crippen molar-refractivity contribution < 1.29 is 5.11 Å². The van der Waals surface area contributed by atoms with Crippen LogP contribution < -0.4 is 5.32 Å². The SMILES string of the molecule is O[C@@H]1CNCC[C@H]1c1ccc(-n2cc(-c3n[nH]c4ccccc34)nn2)cc1. The first-order chi connectivity index (χ1) is 13.3. The zero-order valence-electron chi connectivity index (χ0n) is 14.7. The van der Waals surface area contributed by atoms with E-state index in [-0.39, 0.29) is 12.0 Å². The number of aliphatic hydroxyl groups is 1. The third-order valence-electron chi connectivity index (χ3n) is 5.24. The summed E-state index contributed by atoms with van der Waals surface area (Å²) in [6.07, 6.45) is 2.49. The number of nitrogens with one attached hydrogen (secondary N) is 2. The molecule has 0 unspecified atom stereocenters. The Hall–Kier alpha value is -3.03. The maximum absolute atomic E-state index is 10.2. The van der Waals surface area contributed by atoms with Crippen molar-refractivity contribution in [1.29, 1.82) is 0 Å². The lowest BCUT2D eigenvalue weighted by Gasteiger charge is -2.28. The Labute approximate surface area is 156 Å². The van der Waals surface area contributed by atoms with E-state index in [1.165, 1.54) is 0 Å². The molecular weight excluding hydrogens is 340 g/mol. The standard InChI is InChI=1S/C20H20N6O/c27-19-11-21-10-9-15(19)13-5-7-14(8-6-13)26-12-18(23-25-26)20-16-3-1-2-4-17(16)22-24-20/h1-8,12,15,19,21,27H,9-11H2,(H,22,24)/t15-,19+/m0/s1. The number of para-hydroxylation sites is 1. The Morgan fingerprint density at radius 2 is 1.93 bits per heavy atom. The van der Waals surface area contributed by atoms with Gasteiger partial charge in [0.25, 0.3) is 0 Å². The quantitative estimate of drug-likeness (QED) is 0.521. The highest BCUT2D eigenvalue weighted by Gasteiger charge is 2.24. The molecular formula is C20H20N6O. The lowest BCUT2D eigenvalue weighted by atomic mass is 9.88. The number of aliphatic hydroxyl groups excluding tert-OH is 1. The maximum atomic E-state index is 10.2. The number of H-pyrrole nitrogens is 1. The van der Waals surface area contributed by atoms with Gasteiger partial charge in [0.2, 0.25) is 0 Å². The molecule has 7 heteroatoms. The van der Waals surface area contributed by atoms with Gasteiger partial charge in [0, 0.05) is 17.8 Å². The molecule has 0 bridgehead atoms. The van der Waals surface area contributed by atoms with Gasteiger partial charge in [-0.15, -0.1) is 5.10 Å². The smallest absolute Gasteiger partial charge is 0.134 e. The van der Waals surface area contributed by atoms with Gasteiger partial charge in [-0.05, 0) is 36.7 Å². The van der Waals surface area contributed by atoms with E-state index in [4.69, 9.17) is 0 Å². The van der Waals surface area contributed by atoms with E-state index < -0.39 is 0 Å². The van der Waals surface area contributed by atoms with Gasteiger partial charge in [0.15, 0.2) is 0 Å². The summed E-state index contributed by atoms with van der Waals surface area (Å²) in [5, 5.41) is 30.4. The number of aromatic amines is 1. The lowest BCUT2D eigenvalue weighted by molar-refractivity contribution is 0.118. The van der Waals surface area contributed by atoms with Crippen molar-refractivity contribution in [1.82, 2.24) is 30.5 Å². The van der Waals surface area contributed by atoms with Crippen molar-refractivity contribution in [3.05, 3.63) is 60.3 Å². The van der Waals surface area contributed by atoms with Crippen LogP contribution in [0.5, 0.6) is 0 Å². The van der Waals surface area contributed by atoms with Crippen LogP contribution >= 0.6 is 0 Å². The second-order valence-electron chi connectivity index (χ2n) is 6.92. The highest BCUT2D eigenvalue weighted by atomic mass is 16.3. The average Bonchev–Trinajstić information content (AvgIpc) is 3.35. The highest BCUT2D eigenvalue weighted by Crippen LogP contribution is 2.27. The molecule has 0 aliphatic carbocycles. The molecule has 1 aliphatic heterocycles. The number of hydrogen-bond donors (Lipinski definition) is 3. The first-order valence-corrected chi connectivity index (χ1v) is 9.14. The summed E-state index contributed by atoms with van der Waals surface area (Å²) in [6.45, 7) is 1.59. The van der Waals surface area contributed by atoms with E-state index in [1.807, 2.05) is 42.6 Å². The Morgan fingerprint density at radius 3 is 2.78 bits per heavy atom. The highest BCUT2D eigenvalue weighted by molar-refractivity contribution is 5.91. The van der Waals surface area contributed by atoms with Crippen molar-refractivity contribution in [3.8, 4) is 17.1 Å². The fraction of sp³-hybridized carbons (Fsp3) is 0.250. The van der Waals surface area contributed by atoms with Gasteiger partial charge in [0.1, 0.15) is 11.4 Å². The molecule has 0 spiro atoms. The molecule has 1 fully saturated rings. The molecule has 7 nitrogen and oxygen atoms in total. The summed E-state index contributed by atoms with van der Waals surface area (Å²) >= 11 is 0. The lowest BCUT2D eigenvalue weighted by Crippen LogP contribution is -2.39. The van der Waals surface area contributed by atoms with Gasteiger partial charge in [-0.1, -0.05) is 35.5 Å². The molecule has 3 heterocycles. The van der Waals surface area contributed by atoms with Crippen LogP contribution in [0.4, 0.5) is 0 Å². The Balaban J connectivity index is 1.43. The molecule has 2 aromatic heterocycles. The molecule has 136 valence electrons. The second kappa shape index (κ2) is 6.61. The van der Waals surface area contributed by atoms with Crippen LogP contribution in [0.15, 0.2) is 54.7 Å². The molecule has 0 saturated carbocycles. The largest absolute Gasteiger partial charge is 0.391 e.